The predicted molar refractivity (Wildman–Crippen MR) is 91.8 cm³/mol. The summed E-state index contributed by atoms with van der Waals surface area (Å²) < 4.78 is 33.4. The van der Waals surface area contributed by atoms with E-state index in [0.717, 1.165) is 19.1 Å². The van der Waals surface area contributed by atoms with Crippen molar-refractivity contribution < 1.29 is 12.8 Å². The van der Waals surface area contributed by atoms with Crippen molar-refractivity contribution in [3.8, 4) is 0 Å². The van der Waals surface area contributed by atoms with Crippen molar-refractivity contribution >= 4 is 63.5 Å². The molecule has 1 heterocycles. The van der Waals surface area contributed by atoms with E-state index in [-0.39, 0.29) is 5.09 Å². The zero-order chi connectivity index (χ0) is 15.6. The summed E-state index contributed by atoms with van der Waals surface area (Å²) in [6.45, 7) is 0.359. The van der Waals surface area contributed by atoms with E-state index < -0.39 is 10.0 Å². The molecule has 2 rings (SSSR count). The second-order valence-corrected chi connectivity index (χ2v) is 8.47. The third-order valence-corrected chi connectivity index (χ3v) is 5.61. The molecule has 0 atom stereocenters. The molecule has 0 aliphatic rings. The average Bonchev–Trinajstić information content (AvgIpc) is 2.87. The van der Waals surface area contributed by atoms with Gasteiger partial charge in [0.15, 0.2) is 0 Å². The Bertz CT molecular complexity index is 736. The lowest BCUT2D eigenvalue weighted by atomic mass is 10.3. The Balaban J connectivity index is 2.15. The van der Waals surface area contributed by atoms with E-state index in [0.29, 0.717) is 12.3 Å². The molecule has 0 saturated heterocycles. The maximum Gasteiger partial charge on any atom is 0.273 e. The monoisotopic (exact) mass is 500 g/mol. The lowest BCUT2D eigenvalue weighted by Crippen LogP contribution is -2.17. The Labute approximate surface area is 147 Å². The number of sulfonamides is 1. The first-order valence-electron chi connectivity index (χ1n) is 5.74. The van der Waals surface area contributed by atoms with Crippen molar-refractivity contribution in [2.75, 3.05) is 12.4 Å². The highest BCUT2D eigenvalue weighted by molar-refractivity contribution is 9.11. The van der Waals surface area contributed by atoms with E-state index in [9.17, 15) is 8.42 Å². The van der Waals surface area contributed by atoms with Crippen LogP contribution in [0.3, 0.4) is 0 Å². The van der Waals surface area contributed by atoms with E-state index in [1.165, 1.54) is 13.1 Å². The van der Waals surface area contributed by atoms with E-state index in [1.54, 1.807) is 6.07 Å². The first kappa shape index (κ1) is 17.0. The van der Waals surface area contributed by atoms with Gasteiger partial charge in [0.2, 0.25) is 5.09 Å². The first-order chi connectivity index (χ1) is 9.83. The van der Waals surface area contributed by atoms with Crippen LogP contribution in [0.4, 0.5) is 5.69 Å². The zero-order valence-electron chi connectivity index (χ0n) is 10.8. The van der Waals surface area contributed by atoms with Gasteiger partial charge in [-0.15, -0.1) is 0 Å². The molecule has 0 amide bonds. The van der Waals surface area contributed by atoms with Crippen molar-refractivity contribution in [1.29, 1.82) is 0 Å². The highest BCUT2D eigenvalue weighted by Gasteiger charge is 2.16. The topological polar surface area (TPSA) is 71.3 Å². The Morgan fingerprint density at radius 1 is 1.14 bits per heavy atom. The van der Waals surface area contributed by atoms with Gasteiger partial charge in [-0.25, -0.2) is 13.1 Å². The fourth-order valence-corrected chi connectivity index (χ4v) is 4.79. The molecule has 0 radical (unpaired) electrons. The standard InChI is InChI=1S/C12H11Br3N2O3S/c1-16-21(18,19)11-3-2-8(20-11)6-17-12-9(14)4-7(13)5-10(12)15/h2-5,16-17H,6H2,1H3. The smallest absolute Gasteiger partial charge is 0.273 e. The largest absolute Gasteiger partial charge is 0.446 e. The molecular weight excluding hydrogens is 492 g/mol. The molecule has 0 bridgehead atoms. The van der Waals surface area contributed by atoms with E-state index in [4.69, 9.17) is 4.42 Å². The molecule has 0 aliphatic carbocycles. The molecule has 1 aromatic carbocycles. The third kappa shape index (κ3) is 4.10. The van der Waals surface area contributed by atoms with Crippen LogP contribution in [0.25, 0.3) is 0 Å². The van der Waals surface area contributed by atoms with Crippen molar-refractivity contribution in [3.05, 3.63) is 43.4 Å². The van der Waals surface area contributed by atoms with Crippen LogP contribution in [0.1, 0.15) is 5.76 Å². The van der Waals surface area contributed by atoms with E-state index >= 15 is 0 Å². The number of nitrogens with one attached hydrogen (secondary N) is 2. The minimum atomic E-state index is -3.55. The Kier molecular flexibility index (Phi) is 5.53. The maximum absolute atomic E-state index is 11.6. The number of rotatable bonds is 5. The normalized spacial score (nSPS) is 11.6. The quantitative estimate of drug-likeness (QED) is 0.646. The highest BCUT2D eigenvalue weighted by atomic mass is 79.9. The van der Waals surface area contributed by atoms with E-state index in [2.05, 4.69) is 57.8 Å². The predicted octanol–water partition coefficient (Wildman–Crippen LogP) is 4.09. The SMILES string of the molecule is CNS(=O)(=O)c1ccc(CNc2c(Br)cc(Br)cc2Br)o1. The first-order valence-corrected chi connectivity index (χ1v) is 9.60. The molecule has 9 heteroatoms. The number of hydrogen-bond acceptors (Lipinski definition) is 4. The number of benzene rings is 1. The lowest BCUT2D eigenvalue weighted by molar-refractivity contribution is 0.417. The fraction of sp³-hybridized carbons (Fsp3) is 0.167. The van der Waals surface area contributed by atoms with Gasteiger partial charge in [-0.3, -0.25) is 0 Å². The summed E-state index contributed by atoms with van der Waals surface area (Å²) in [6, 6.07) is 6.87. The molecule has 2 aromatic rings. The van der Waals surface area contributed by atoms with Gasteiger partial charge in [-0.05, 0) is 63.2 Å². The summed E-state index contributed by atoms with van der Waals surface area (Å²) in [5, 5.41) is 3.08. The maximum atomic E-state index is 11.6. The second-order valence-electron chi connectivity index (χ2n) is 4.03. The van der Waals surface area contributed by atoms with Crippen molar-refractivity contribution in [2.45, 2.75) is 11.6 Å². The van der Waals surface area contributed by atoms with Crippen LogP contribution in [0.15, 0.2) is 47.2 Å². The van der Waals surface area contributed by atoms with Crippen LogP contribution >= 0.6 is 47.8 Å². The lowest BCUT2D eigenvalue weighted by Gasteiger charge is -2.10. The zero-order valence-corrected chi connectivity index (χ0v) is 16.4. The summed E-state index contributed by atoms with van der Waals surface area (Å²) in [6.07, 6.45) is 0. The molecule has 0 fully saturated rings. The van der Waals surface area contributed by atoms with Crippen LogP contribution in [0.2, 0.25) is 0 Å². The average molecular weight is 503 g/mol. The van der Waals surface area contributed by atoms with Gasteiger partial charge in [0, 0.05) is 13.4 Å². The summed E-state index contributed by atoms with van der Waals surface area (Å²) in [4.78, 5) is 0. The molecule has 114 valence electrons. The molecular formula is C12H11Br3N2O3S. The van der Waals surface area contributed by atoms with Gasteiger partial charge in [0.1, 0.15) is 5.76 Å². The summed E-state index contributed by atoms with van der Waals surface area (Å²) in [5.74, 6) is 0.519. The van der Waals surface area contributed by atoms with E-state index in [1.807, 2.05) is 12.1 Å². The Morgan fingerprint density at radius 2 is 1.76 bits per heavy atom. The molecule has 21 heavy (non-hydrogen) atoms. The van der Waals surface area contributed by atoms with Crippen LogP contribution in [0, 0.1) is 0 Å². The van der Waals surface area contributed by atoms with Crippen molar-refractivity contribution in [1.82, 2.24) is 4.72 Å². The Morgan fingerprint density at radius 3 is 2.33 bits per heavy atom. The third-order valence-electron chi connectivity index (χ3n) is 2.62. The fourth-order valence-electron chi connectivity index (χ4n) is 1.58. The molecule has 1 aromatic heterocycles. The minimum absolute atomic E-state index is 0.101. The van der Waals surface area contributed by atoms with Crippen LogP contribution in [0.5, 0.6) is 0 Å². The molecule has 0 spiro atoms. The minimum Gasteiger partial charge on any atom is -0.446 e. The second kappa shape index (κ2) is 6.82. The van der Waals surface area contributed by atoms with Gasteiger partial charge in [-0.1, -0.05) is 15.9 Å². The van der Waals surface area contributed by atoms with Crippen LogP contribution in [-0.2, 0) is 16.6 Å². The number of furan rings is 1. The number of halogens is 3. The summed E-state index contributed by atoms with van der Waals surface area (Å²) in [5.41, 5.74) is 0.854. The van der Waals surface area contributed by atoms with Gasteiger partial charge in [0.25, 0.3) is 10.0 Å². The van der Waals surface area contributed by atoms with Gasteiger partial charge < -0.3 is 9.73 Å². The highest BCUT2D eigenvalue weighted by Crippen LogP contribution is 2.34. The van der Waals surface area contributed by atoms with Gasteiger partial charge >= 0.3 is 0 Å². The number of hydrogen-bond donors (Lipinski definition) is 2. The molecule has 2 N–H and O–H groups in total. The molecule has 0 unspecified atom stereocenters. The van der Waals surface area contributed by atoms with Crippen molar-refractivity contribution in [3.63, 3.8) is 0 Å². The van der Waals surface area contributed by atoms with Crippen molar-refractivity contribution in [2.24, 2.45) is 0 Å². The number of anilines is 1. The van der Waals surface area contributed by atoms with Crippen LogP contribution < -0.4 is 10.0 Å². The Hall–Kier alpha value is -0.350. The summed E-state index contributed by atoms with van der Waals surface area (Å²) in [7, 11) is -2.21. The summed E-state index contributed by atoms with van der Waals surface area (Å²) >= 11 is 10.3. The van der Waals surface area contributed by atoms with Gasteiger partial charge in [-0.2, -0.15) is 0 Å². The molecule has 5 nitrogen and oxygen atoms in total. The molecule has 0 aliphatic heterocycles. The molecule has 0 saturated carbocycles. The van der Waals surface area contributed by atoms with Gasteiger partial charge in [0.05, 0.1) is 12.2 Å². The van der Waals surface area contributed by atoms with Crippen LogP contribution in [-0.4, -0.2) is 15.5 Å².